The van der Waals surface area contributed by atoms with Crippen molar-refractivity contribution in [2.75, 3.05) is 0 Å². The quantitative estimate of drug-likeness (QED) is 0.129. The van der Waals surface area contributed by atoms with Gasteiger partial charge in [-0.2, -0.15) is 0 Å². The predicted molar refractivity (Wildman–Crippen MR) is 189 cm³/mol. The average molecular weight is 792 g/mol. The first kappa shape index (κ1) is 17.5. The van der Waals surface area contributed by atoms with Crippen molar-refractivity contribution < 1.29 is 40.7 Å². The first-order chi connectivity index (χ1) is 27.5. The van der Waals surface area contributed by atoms with Crippen LogP contribution in [0.3, 0.4) is 0 Å². The monoisotopic (exact) mass is 792 g/mol. The second-order valence-electron chi connectivity index (χ2n) is 10.2. The molecule has 5 aromatic carbocycles. The maximum absolute atomic E-state index is 8.41. The number of aromatic nitrogens is 2. The van der Waals surface area contributed by atoms with Crippen molar-refractivity contribution in [3.8, 4) is 21.7 Å². The summed E-state index contributed by atoms with van der Waals surface area (Å²) in [6, 6.07) is 31.7. The van der Waals surface area contributed by atoms with E-state index in [4.69, 9.17) is 20.6 Å². The van der Waals surface area contributed by atoms with Gasteiger partial charge < -0.3 is 9.97 Å². The molecule has 8 rings (SSSR count). The van der Waals surface area contributed by atoms with E-state index in [1.165, 1.54) is 35.7 Å². The van der Waals surface area contributed by atoms with Crippen molar-refractivity contribution in [3.05, 3.63) is 143 Å². The van der Waals surface area contributed by atoms with Crippen LogP contribution in [-0.2, 0) is 20.1 Å². The molecular weight excluding hydrogens is 745 g/mol. The Balaban J connectivity index is 0.000000243. The molecule has 0 amide bonds. The molecule has 0 N–H and O–H groups in total. The molecule has 0 bridgehead atoms. The van der Waals surface area contributed by atoms with Crippen LogP contribution in [0, 0.1) is 46.4 Å². The Hall–Kier alpha value is -4.21. The number of thiophene rings is 1. The molecule has 0 aliphatic heterocycles. The number of rotatable bonds is 2. The summed E-state index contributed by atoms with van der Waals surface area (Å²) in [4.78, 5) is 9.13. The minimum absolute atomic E-state index is 0. The van der Waals surface area contributed by atoms with Gasteiger partial charge in [0.1, 0.15) is 0 Å². The number of hydrogen-bond acceptors (Lipinski definition) is 3. The summed E-state index contributed by atoms with van der Waals surface area (Å²) in [6.45, 7) is -12.3. The van der Waals surface area contributed by atoms with Crippen LogP contribution in [0.25, 0.3) is 64.2 Å². The van der Waals surface area contributed by atoms with Crippen LogP contribution in [0.1, 0.15) is 48.4 Å². The van der Waals surface area contributed by atoms with E-state index in [2.05, 4.69) is 22.1 Å². The van der Waals surface area contributed by atoms with Gasteiger partial charge in [-0.1, -0.05) is 72.2 Å². The molecule has 223 valence electrons. The number of nitrogens with zero attached hydrogens (tertiary/aromatic N) is 2. The summed E-state index contributed by atoms with van der Waals surface area (Å²) in [5.41, 5.74) is 2.13. The number of pyridine rings is 2. The molecule has 0 aliphatic carbocycles. The molecule has 4 heteroatoms. The van der Waals surface area contributed by atoms with Gasteiger partial charge in [0.05, 0.1) is 0 Å². The van der Waals surface area contributed by atoms with Crippen LogP contribution in [-0.4, -0.2) is 9.97 Å². The molecule has 3 heterocycles. The van der Waals surface area contributed by atoms with Gasteiger partial charge in [-0.3, -0.25) is 0 Å². The van der Waals surface area contributed by atoms with Crippen molar-refractivity contribution >= 4 is 53.9 Å². The maximum atomic E-state index is 8.41. The van der Waals surface area contributed by atoms with E-state index in [0.717, 1.165) is 17.1 Å². The SMILES string of the molecule is [2H]C([2H])([2H])c1c[c-]c(-c2ccc(C([2H])([2H])[2H])cn2)cc1.[2H]C([2H])([2H])c1cnc2c3[c-]cccc3c3ccc4c(C([2H])([2H])[2H])c(-c5ccccc5)sc4c3c2c1C([2H])([2H])[2H].[Ir]. The molecule has 0 aliphatic rings. The van der Waals surface area contributed by atoms with Gasteiger partial charge in [0.15, 0.2) is 0 Å². The summed E-state index contributed by atoms with van der Waals surface area (Å²) in [7, 11) is 0. The van der Waals surface area contributed by atoms with Gasteiger partial charge in [-0.25, -0.2) is 0 Å². The summed E-state index contributed by atoms with van der Waals surface area (Å²) >= 11 is 1.27. The van der Waals surface area contributed by atoms with Crippen molar-refractivity contribution in [1.82, 2.24) is 9.97 Å². The van der Waals surface area contributed by atoms with Crippen molar-refractivity contribution in [2.45, 2.75) is 34.3 Å². The Kier molecular flexibility index (Phi) is 4.91. The van der Waals surface area contributed by atoms with E-state index in [1.807, 2.05) is 42.5 Å². The molecule has 0 atom stereocenters. The zero-order valence-corrected chi connectivity index (χ0v) is 26.7. The molecule has 0 unspecified atom stereocenters. The van der Waals surface area contributed by atoms with Crippen LogP contribution >= 0.6 is 11.3 Å². The van der Waals surface area contributed by atoms with E-state index < -0.39 is 34.3 Å². The number of hydrogen-bond donors (Lipinski definition) is 0. The van der Waals surface area contributed by atoms with Crippen molar-refractivity contribution in [3.63, 3.8) is 0 Å². The molecule has 45 heavy (non-hydrogen) atoms. The zero-order chi connectivity index (χ0) is 42.9. The summed E-state index contributed by atoms with van der Waals surface area (Å²) in [5.74, 6) is 0. The van der Waals surface area contributed by atoms with Crippen LogP contribution in [0.2, 0.25) is 0 Å². The third-order valence-electron chi connectivity index (χ3n) is 7.46. The van der Waals surface area contributed by atoms with E-state index in [1.54, 1.807) is 30.3 Å². The minimum Gasteiger partial charge on any atom is -0.304 e. The fourth-order valence-electron chi connectivity index (χ4n) is 5.37. The standard InChI is InChI=1S/C28H20NS.C13H12N.Ir/c1-16-15-29-26-23-12-8-7-11-21(23)22-14-13-20-18(3)27(19-9-5-4-6-10-19)30-28(20)25(22)24(26)17(16)2;1-10-3-6-12(7-4-10)13-8-5-11(2)9-14-13;/h4-11,13-15H,1-3H3;3-6,8-9H,1-2H3;/q2*-1;/i1D3,2D3,3D3;1D3,2D3;. The third kappa shape index (κ3) is 5.59. The van der Waals surface area contributed by atoms with E-state index in [-0.39, 0.29) is 53.3 Å². The Labute approximate surface area is 303 Å². The molecule has 0 spiro atoms. The van der Waals surface area contributed by atoms with Crippen molar-refractivity contribution in [1.29, 1.82) is 0 Å². The van der Waals surface area contributed by atoms with Gasteiger partial charge in [0, 0.05) is 62.6 Å². The van der Waals surface area contributed by atoms with Gasteiger partial charge in [0.2, 0.25) is 0 Å². The fraction of sp³-hybridized carbons (Fsp3) is 0.122. The van der Waals surface area contributed by atoms with Gasteiger partial charge >= 0.3 is 0 Å². The van der Waals surface area contributed by atoms with E-state index in [9.17, 15) is 0 Å². The van der Waals surface area contributed by atoms with Crippen LogP contribution in [0.15, 0.2) is 103 Å². The molecular formula is C41H32IrN2S-2. The van der Waals surface area contributed by atoms with Gasteiger partial charge in [0.25, 0.3) is 0 Å². The van der Waals surface area contributed by atoms with Crippen LogP contribution in [0.4, 0.5) is 0 Å². The Morgan fingerprint density at radius 1 is 0.667 bits per heavy atom. The summed E-state index contributed by atoms with van der Waals surface area (Å²) in [6.07, 6.45) is 2.43. The summed E-state index contributed by atoms with van der Waals surface area (Å²) < 4.78 is 119. The van der Waals surface area contributed by atoms with E-state index >= 15 is 0 Å². The zero-order valence-electron chi connectivity index (χ0n) is 38.5. The second-order valence-corrected chi connectivity index (χ2v) is 11.2. The minimum atomic E-state index is -2.78. The van der Waals surface area contributed by atoms with Gasteiger partial charge in [-0.15, -0.1) is 76.4 Å². The van der Waals surface area contributed by atoms with Gasteiger partial charge in [-0.05, 0) is 82.6 Å². The molecule has 2 nitrogen and oxygen atoms in total. The van der Waals surface area contributed by atoms with Crippen LogP contribution < -0.4 is 0 Å². The number of fused-ring (bicyclic) bond motifs is 8. The maximum Gasteiger partial charge on any atom is 0.0421 e. The average Bonchev–Trinajstić information content (AvgIpc) is 3.58. The fourth-order valence-corrected chi connectivity index (χ4v) is 6.63. The molecule has 1 radical (unpaired) electrons. The van der Waals surface area contributed by atoms with Crippen LogP contribution in [0.5, 0.6) is 0 Å². The summed E-state index contributed by atoms with van der Waals surface area (Å²) in [5, 5.41) is 3.15. The second kappa shape index (κ2) is 12.7. The largest absolute Gasteiger partial charge is 0.304 e. The number of benzene rings is 5. The molecule has 8 aromatic rings. The first-order valence-electron chi connectivity index (χ1n) is 21.2. The van der Waals surface area contributed by atoms with E-state index in [0.29, 0.717) is 47.9 Å². The third-order valence-corrected chi connectivity index (χ3v) is 8.73. The number of aryl methyl sites for hydroxylation is 5. The molecule has 0 fully saturated rings. The predicted octanol–water partition coefficient (Wildman–Crippen LogP) is 11.3. The molecule has 3 aromatic heterocycles. The Morgan fingerprint density at radius 3 is 2.24 bits per heavy atom. The first-order valence-corrected chi connectivity index (χ1v) is 14.5. The Bertz CT molecular complexity index is 2790. The molecule has 0 saturated carbocycles. The normalized spacial score (nSPS) is 17.4. The smallest absolute Gasteiger partial charge is 0.0421 e. The van der Waals surface area contributed by atoms with Crippen molar-refractivity contribution in [2.24, 2.45) is 0 Å². The molecule has 0 saturated heterocycles. The topological polar surface area (TPSA) is 25.8 Å². The Morgan fingerprint density at radius 2 is 1.51 bits per heavy atom.